The Labute approximate surface area is 154 Å². The van der Waals surface area contributed by atoms with Crippen molar-refractivity contribution in [2.24, 2.45) is 0 Å². The van der Waals surface area contributed by atoms with Gasteiger partial charge in [-0.05, 0) is 18.2 Å². The summed E-state index contributed by atoms with van der Waals surface area (Å²) in [6.07, 6.45) is -11.4. The van der Waals surface area contributed by atoms with Crippen molar-refractivity contribution in [2.75, 3.05) is 18.1 Å². The summed E-state index contributed by atoms with van der Waals surface area (Å²) in [7, 11) is 0. The molecule has 0 aromatic heterocycles. The van der Waals surface area contributed by atoms with Crippen molar-refractivity contribution in [3.05, 3.63) is 65.2 Å². The standard InChI is InChI=1S/C18H12F7NO2/c19-9-16(11-4-2-1-3-5-11)10-26(15(27)28-16)14-7-12(17(20,21)22)6-13(8-14)18(23,24)25/h1-8H,9-10H2. The van der Waals surface area contributed by atoms with Gasteiger partial charge in [-0.1, -0.05) is 30.3 Å². The number of cyclic esters (lactones) is 1. The van der Waals surface area contributed by atoms with E-state index in [1.165, 1.54) is 24.3 Å². The molecule has 3 rings (SSSR count). The lowest BCUT2D eigenvalue weighted by Gasteiger charge is -2.24. The van der Waals surface area contributed by atoms with E-state index in [9.17, 15) is 35.5 Å². The Bertz CT molecular complexity index is 847. The highest BCUT2D eigenvalue weighted by molar-refractivity contribution is 5.90. The van der Waals surface area contributed by atoms with Crippen molar-refractivity contribution >= 4 is 11.8 Å². The molecule has 2 aromatic carbocycles. The first-order valence-electron chi connectivity index (χ1n) is 7.88. The molecular weight excluding hydrogens is 395 g/mol. The van der Waals surface area contributed by atoms with E-state index < -0.39 is 54.1 Å². The van der Waals surface area contributed by atoms with Gasteiger partial charge in [0, 0.05) is 11.3 Å². The lowest BCUT2D eigenvalue weighted by molar-refractivity contribution is -0.143. The molecule has 1 heterocycles. The molecule has 28 heavy (non-hydrogen) atoms. The van der Waals surface area contributed by atoms with Crippen molar-refractivity contribution in [2.45, 2.75) is 18.0 Å². The first-order chi connectivity index (χ1) is 13.0. The normalized spacial score (nSPS) is 20.4. The third-order valence-electron chi connectivity index (χ3n) is 4.32. The molecule has 0 bridgehead atoms. The van der Waals surface area contributed by atoms with Crippen molar-refractivity contribution in [1.29, 1.82) is 0 Å². The Balaban J connectivity index is 2.07. The van der Waals surface area contributed by atoms with Gasteiger partial charge in [0.1, 0.15) is 6.67 Å². The van der Waals surface area contributed by atoms with E-state index in [0.717, 1.165) is 0 Å². The van der Waals surface area contributed by atoms with Crippen molar-refractivity contribution in [1.82, 2.24) is 0 Å². The highest BCUT2D eigenvalue weighted by Gasteiger charge is 2.48. The minimum atomic E-state index is -5.07. The third kappa shape index (κ3) is 3.63. The summed E-state index contributed by atoms with van der Waals surface area (Å²) < 4.78 is 97.1. The number of carbonyl (C=O) groups is 1. The van der Waals surface area contributed by atoms with Gasteiger partial charge in [0.2, 0.25) is 0 Å². The smallest absolute Gasteiger partial charge is 0.416 e. The van der Waals surface area contributed by atoms with Crippen LogP contribution >= 0.6 is 0 Å². The summed E-state index contributed by atoms with van der Waals surface area (Å²) in [5, 5.41) is 0. The van der Waals surface area contributed by atoms with Gasteiger partial charge >= 0.3 is 18.4 Å². The van der Waals surface area contributed by atoms with E-state index in [0.29, 0.717) is 17.0 Å². The van der Waals surface area contributed by atoms with Crippen molar-refractivity contribution in [3.63, 3.8) is 0 Å². The van der Waals surface area contributed by atoms with Gasteiger partial charge in [-0.2, -0.15) is 26.3 Å². The SMILES string of the molecule is O=C1OC(CF)(c2ccccc2)CN1c1cc(C(F)(F)F)cc(C(F)(F)F)c1. The lowest BCUT2D eigenvalue weighted by Crippen LogP contribution is -2.34. The van der Waals surface area contributed by atoms with Crippen LogP contribution in [-0.4, -0.2) is 19.3 Å². The second kappa shape index (κ2) is 6.68. The molecule has 1 unspecified atom stereocenters. The fourth-order valence-electron chi connectivity index (χ4n) is 2.90. The molecule has 1 atom stereocenters. The number of rotatable bonds is 3. The number of anilines is 1. The second-order valence-electron chi connectivity index (χ2n) is 6.21. The Kier molecular flexibility index (Phi) is 4.76. The Morgan fingerprint density at radius 3 is 1.93 bits per heavy atom. The molecule has 3 nitrogen and oxygen atoms in total. The molecule has 1 fully saturated rings. The predicted octanol–water partition coefficient (Wildman–Crippen LogP) is 5.55. The van der Waals surface area contributed by atoms with Crippen LogP contribution in [0, 0.1) is 0 Å². The minimum Gasteiger partial charge on any atom is -0.433 e. The summed E-state index contributed by atoms with van der Waals surface area (Å²) in [6, 6.07) is 8.33. The number of carbonyl (C=O) groups excluding carboxylic acids is 1. The number of halogens is 7. The number of hydrogen-bond acceptors (Lipinski definition) is 2. The number of benzene rings is 2. The van der Waals surface area contributed by atoms with Gasteiger partial charge in [-0.25, -0.2) is 9.18 Å². The molecule has 0 radical (unpaired) electrons. The molecule has 1 aliphatic heterocycles. The van der Waals surface area contributed by atoms with E-state index >= 15 is 0 Å². The largest absolute Gasteiger partial charge is 0.433 e. The van der Waals surface area contributed by atoms with E-state index in [4.69, 9.17) is 4.74 Å². The molecule has 0 N–H and O–H groups in total. The van der Waals surface area contributed by atoms with Crippen LogP contribution in [0.25, 0.3) is 0 Å². The van der Waals surface area contributed by atoms with Crippen molar-refractivity contribution in [3.8, 4) is 0 Å². The number of ether oxygens (including phenoxy) is 1. The topological polar surface area (TPSA) is 29.5 Å². The minimum absolute atomic E-state index is 0.0511. The van der Waals surface area contributed by atoms with Crippen molar-refractivity contribution < 1.29 is 40.3 Å². The van der Waals surface area contributed by atoms with Crippen LogP contribution in [0.4, 0.5) is 41.2 Å². The Morgan fingerprint density at radius 2 is 1.46 bits per heavy atom. The fourth-order valence-corrected chi connectivity index (χ4v) is 2.90. The summed E-state index contributed by atoms with van der Waals surface area (Å²) in [4.78, 5) is 12.8. The van der Waals surface area contributed by atoms with Crippen LogP contribution < -0.4 is 4.90 Å². The number of amides is 1. The molecule has 1 aliphatic rings. The maximum atomic E-state index is 13.8. The third-order valence-corrected chi connectivity index (χ3v) is 4.32. The van der Waals surface area contributed by atoms with Gasteiger partial charge in [-0.15, -0.1) is 0 Å². The summed E-state index contributed by atoms with van der Waals surface area (Å²) >= 11 is 0. The monoisotopic (exact) mass is 407 g/mol. The quantitative estimate of drug-likeness (QED) is 0.625. The van der Waals surface area contributed by atoms with Crippen LogP contribution in [0.3, 0.4) is 0 Å². The summed E-state index contributed by atoms with van der Waals surface area (Å²) in [5.74, 6) is 0. The second-order valence-corrected chi connectivity index (χ2v) is 6.21. The van der Waals surface area contributed by atoms with E-state index in [2.05, 4.69) is 0 Å². The summed E-state index contributed by atoms with van der Waals surface area (Å²) in [6.45, 7) is -1.78. The molecule has 0 spiro atoms. The molecule has 2 aromatic rings. The molecule has 150 valence electrons. The number of nitrogens with zero attached hydrogens (tertiary/aromatic N) is 1. The van der Waals surface area contributed by atoms with Gasteiger partial charge in [-0.3, -0.25) is 4.90 Å². The molecule has 10 heteroatoms. The molecule has 1 amide bonds. The zero-order valence-corrected chi connectivity index (χ0v) is 13.9. The van der Waals surface area contributed by atoms with Crippen LogP contribution in [0.2, 0.25) is 0 Å². The highest BCUT2D eigenvalue weighted by atomic mass is 19.4. The van der Waals surface area contributed by atoms with E-state index in [1.54, 1.807) is 6.07 Å². The first-order valence-corrected chi connectivity index (χ1v) is 7.88. The van der Waals surface area contributed by atoms with Gasteiger partial charge in [0.25, 0.3) is 0 Å². The zero-order valence-electron chi connectivity index (χ0n) is 13.9. The van der Waals surface area contributed by atoms with Gasteiger partial charge in [0.15, 0.2) is 5.60 Å². The highest BCUT2D eigenvalue weighted by Crippen LogP contribution is 2.41. The van der Waals surface area contributed by atoms with E-state index in [-0.39, 0.29) is 11.6 Å². The average Bonchev–Trinajstić information content (AvgIpc) is 2.99. The van der Waals surface area contributed by atoms with Gasteiger partial charge < -0.3 is 4.74 Å². The zero-order chi connectivity index (χ0) is 20.7. The van der Waals surface area contributed by atoms with E-state index in [1.807, 2.05) is 0 Å². The van der Waals surface area contributed by atoms with Crippen LogP contribution in [0.15, 0.2) is 48.5 Å². The molecular formula is C18H12F7NO2. The van der Waals surface area contributed by atoms with Gasteiger partial charge in [0.05, 0.1) is 17.7 Å². The number of hydrogen-bond donors (Lipinski definition) is 0. The maximum absolute atomic E-state index is 13.8. The molecule has 1 saturated heterocycles. The Morgan fingerprint density at radius 1 is 0.929 bits per heavy atom. The van der Waals surface area contributed by atoms with Crippen LogP contribution in [0.1, 0.15) is 16.7 Å². The first kappa shape index (κ1) is 20.0. The van der Waals surface area contributed by atoms with Crippen LogP contribution in [-0.2, 0) is 22.7 Å². The predicted molar refractivity (Wildman–Crippen MR) is 84.4 cm³/mol. The molecule has 0 saturated carbocycles. The fraction of sp³-hybridized carbons (Fsp3) is 0.278. The average molecular weight is 407 g/mol. The van der Waals surface area contributed by atoms with Crippen LogP contribution in [0.5, 0.6) is 0 Å². The maximum Gasteiger partial charge on any atom is 0.416 e. The molecule has 0 aliphatic carbocycles. The number of alkyl halides is 7. The summed E-state index contributed by atoms with van der Waals surface area (Å²) in [5.41, 5.74) is -5.44. The lowest BCUT2D eigenvalue weighted by atomic mass is 9.95. The Hall–Kier alpha value is -2.78.